The Kier molecular flexibility index (Phi) is 1.38. The zero-order valence-electron chi connectivity index (χ0n) is 3.76. The summed E-state index contributed by atoms with van der Waals surface area (Å²) in [4.78, 5) is 9.75. The third-order valence-corrected chi connectivity index (χ3v) is 1.26. The molecule has 0 spiro atoms. The molecule has 0 fully saturated rings. The Morgan fingerprint density at radius 3 is 2.88 bits per heavy atom. The lowest BCUT2D eigenvalue weighted by Crippen LogP contribution is -1.60. The number of rotatable bonds is 1. The SMILES string of the molecule is O=Nc1cn[nH]c1Br. The molecule has 0 atom stereocenters. The van der Waals surface area contributed by atoms with Gasteiger partial charge >= 0.3 is 0 Å². The second-order valence-corrected chi connectivity index (χ2v) is 1.95. The third kappa shape index (κ3) is 0.764. The molecule has 8 heavy (non-hydrogen) atoms. The fourth-order valence-electron chi connectivity index (χ4n) is 0.328. The Balaban J connectivity index is 3.09. The molecule has 4 nitrogen and oxygen atoms in total. The highest BCUT2D eigenvalue weighted by molar-refractivity contribution is 9.10. The van der Waals surface area contributed by atoms with Gasteiger partial charge in [-0.15, -0.1) is 4.91 Å². The van der Waals surface area contributed by atoms with Crippen molar-refractivity contribution in [3.05, 3.63) is 15.7 Å². The van der Waals surface area contributed by atoms with Gasteiger partial charge in [0.05, 0.1) is 6.20 Å². The Hall–Kier alpha value is -0.710. The van der Waals surface area contributed by atoms with Crippen molar-refractivity contribution >= 4 is 21.6 Å². The van der Waals surface area contributed by atoms with E-state index in [4.69, 9.17) is 0 Å². The Labute approximate surface area is 53.4 Å². The van der Waals surface area contributed by atoms with E-state index in [0.717, 1.165) is 0 Å². The summed E-state index contributed by atoms with van der Waals surface area (Å²) in [5.41, 5.74) is 0.296. The maximum Gasteiger partial charge on any atom is 0.160 e. The van der Waals surface area contributed by atoms with E-state index in [1.54, 1.807) is 0 Å². The number of nitrogens with zero attached hydrogens (tertiary/aromatic N) is 2. The van der Waals surface area contributed by atoms with Crippen LogP contribution in [0.5, 0.6) is 0 Å². The van der Waals surface area contributed by atoms with Crippen LogP contribution in [-0.2, 0) is 0 Å². The van der Waals surface area contributed by atoms with Crippen LogP contribution < -0.4 is 0 Å². The number of hydrogen-bond acceptors (Lipinski definition) is 3. The molecular weight excluding hydrogens is 174 g/mol. The van der Waals surface area contributed by atoms with Gasteiger partial charge in [-0.2, -0.15) is 5.10 Å². The molecule has 0 aliphatic carbocycles. The first kappa shape index (κ1) is 5.43. The molecule has 0 saturated carbocycles. The first-order valence-corrected chi connectivity index (χ1v) is 2.66. The summed E-state index contributed by atoms with van der Waals surface area (Å²) < 4.78 is 0.521. The van der Waals surface area contributed by atoms with Crippen molar-refractivity contribution < 1.29 is 0 Å². The lowest BCUT2D eigenvalue weighted by atomic mass is 10.6. The van der Waals surface area contributed by atoms with Crippen LogP contribution in [0.3, 0.4) is 0 Å². The van der Waals surface area contributed by atoms with Gasteiger partial charge in [-0.25, -0.2) is 0 Å². The largest absolute Gasteiger partial charge is 0.269 e. The monoisotopic (exact) mass is 175 g/mol. The minimum atomic E-state index is 0.296. The van der Waals surface area contributed by atoms with E-state index in [1.165, 1.54) is 6.20 Å². The van der Waals surface area contributed by atoms with Gasteiger partial charge in [0, 0.05) is 0 Å². The van der Waals surface area contributed by atoms with Gasteiger partial charge in [0.1, 0.15) is 4.60 Å². The smallest absolute Gasteiger partial charge is 0.160 e. The van der Waals surface area contributed by atoms with Gasteiger partial charge in [-0.05, 0) is 21.1 Å². The van der Waals surface area contributed by atoms with E-state index >= 15 is 0 Å². The van der Waals surface area contributed by atoms with E-state index in [1.807, 2.05) is 0 Å². The van der Waals surface area contributed by atoms with Crippen LogP contribution in [0.15, 0.2) is 16.0 Å². The summed E-state index contributed by atoms with van der Waals surface area (Å²) in [5, 5.41) is 8.66. The van der Waals surface area contributed by atoms with Gasteiger partial charge in [-0.1, -0.05) is 0 Å². The normalized spacial score (nSPS) is 9.12. The Morgan fingerprint density at radius 1 is 1.88 bits per heavy atom. The first-order chi connectivity index (χ1) is 3.84. The topological polar surface area (TPSA) is 58.1 Å². The lowest BCUT2D eigenvalue weighted by molar-refractivity contribution is 1.07. The number of aromatic amines is 1. The molecule has 0 unspecified atom stereocenters. The van der Waals surface area contributed by atoms with Gasteiger partial charge in [0.2, 0.25) is 0 Å². The molecule has 0 bridgehead atoms. The highest BCUT2D eigenvalue weighted by Gasteiger charge is 1.97. The number of H-pyrrole nitrogens is 1. The number of aromatic nitrogens is 2. The zero-order valence-corrected chi connectivity index (χ0v) is 5.34. The van der Waals surface area contributed by atoms with Gasteiger partial charge < -0.3 is 0 Å². The molecule has 1 N–H and O–H groups in total. The van der Waals surface area contributed by atoms with Crippen LogP contribution >= 0.6 is 15.9 Å². The van der Waals surface area contributed by atoms with Crippen molar-refractivity contribution in [3.63, 3.8) is 0 Å². The van der Waals surface area contributed by atoms with Crippen LogP contribution in [0, 0.1) is 4.91 Å². The van der Waals surface area contributed by atoms with Crippen molar-refractivity contribution in [2.45, 2.75) is 0 Å². The van der Waals surface area contributed by atoms with Crippen molar-refractivity contribution in [1.29, 1.82) is 0 Å². The zero-order chi connectivity index (χ0) is 5.98. The third-order valence-electron chi connectivity index (χ3n) is 0.673. The molecule has 1 rings (SSSR count). The lowest BCUT2D eigenvalue weighted by Gasteiger charge is -1.74. The minimum absolute atomic E-state index is 0.296. The molecule has 0 saturated heterocycles. The molecule has 1 aromatic heterocycles. The van der Waals surface area contributed by atoms with Gasteiger partial charge in [-0.3, -0.25) is 5.10 Å². The quantitative estimate of drug-likeness (QED) is 0.660. The molecule has 42 valence electrons. The molecule has 0 amide bonds. The predicted molar refractivity (Wildman–Crippen MR) is 31.7 cm³/mol. The molecule has 5 heteroatoms. The highest BCUT2D eigenvalue weighted by atomic mass is 79.9. The summed E-state index contributed by atoms with van der Waals surface area (Å²) in [5.74, 6) is 0. The number of nitrogens with one attached hydrogen (secondary N) is 1. The summed E-state index contributed by atoms with van der Waals surface area (Å²) in [6.07, 6.45) is 1.34. The maximum absolute atomic E-state index is 9.75. The number of nitroso groups, excluding NO2 is 1. The van der Waals surface area contributed by atoms with Crippen LogP contribution in [-0.4, -0.2) is 10.2 Å². The predicted octanol–water partition coefficient (Wildman–Crippen LogP) is 1.57. The maximum atomic E-state index is 9.75. The van der Waals surface area contributed by atoms with Gasteiger partial charge in [0.15, 0.2) is 5.69 Å². The average Bonchev–Trinajstić information content (AvgIpc) is 2.14. The molecule has 0 aromatic carbocycles. The van der Waals surface area contributed by atoms with Crippen molar-refractivity contribution in [2.24, 2.45) is 5.18 Å². The molecular formula is C3H2BrN3O. The summed E-state index contributed by atoms with van der Waals surface area (Å²) in [6, 6.07) is 0. The second kappa shape index (κ2) is 2.04. The van der Waals surface area contributed by atoms with Gasteiger partial charge in [0.25, 0.3) is 0 Å². The van der Waals surface area contributed by atoms with Crippen molar-refractivity contribution in [2.75, 3.05) is 0 Å². The van der Waals surface area contributed by atoms with Crippen LogP contribution in [0.4, 0.5) is 5.69 Å². The number of hydrogen-bond donors (Lipinski definition) is 1. The fraction of sp³-hybridized carbons (Fsp3) is 0. The van der Waals surface area contributed by atoms with Crippen LogP contribution in [0.1, 0.15) is 0 Å². The van der Waals surface area contributed by atoms with E-state index in [2.05, 4.69) is 31.3 Å². The molecule has 0 radical (unpaired) electrons. The van der Waals surface area contributed by atoms with Crippen LogP contribution in [0.2, 0.25) is 0 Å². The molecule has 1 heterocycles. The number of halogens is 1. The van der Waals surface area contributed by atoms with Crippen molar-refractivity contribution in [1.82, 2.24) is 10.2 Å². The summed E-state index contributed by atoms with van der Waals surface area (Å²) in [7, 11) is 0. The summed E-state index contributed by atoms with van der Waals surface area (Å²) >= 11 is 3.01. The van der Waals surface area contributed by atoms with Crippen molar-refractivity contribution in [3.8, 4) is 0 Å². The van der Waals surface area contributed by atoms with E-state index in [9.17, 15) is 4.91 Å². The average molecular weight is 176 g/mol. The fourth-order valence-corrected chi connectivity index (χ4v) is 0.605. The van der Waals surface area contributed by atoms with E-state index in [0.29, 0.717) is 10.3 Å². The molecule has 0 aliphatic rings. The first-order valence-electron chi connectivity index (χ1n) is 1.87. The molecule has 0 aliphatic heterocycles. The second-order valence-electron chi connectivity index (χ2n) is 1.16. The minimum Gasteiger partial charge on any atom is -0.269 e. The van der Waals surface area contributed by atoms with E-state index < -0.39 is 0 Å². The van der Waals surface area contributed by atoms with E-state index in [-0.39, 0.29) is 0 Å². The molecule has 1 aromatic rings. The standard InChI is InChI=1S/C3H2BrN3O/c4-3-2(7-8)1-5-6-3/h1H,(H,5,6). The highest BCUT2D eigenvalue weighted by Crippen LogP contribution is 2.19. The van der Waals surface area contributed by atoms with Crippen LogP contribution in [0.25, 0.3) is 0 Å². The summed E-state index contributed by atoms with van der Waals surface area (Å²) in [6.45, 7) is 0. The Bertz CT molecular complexity index is 196. The Morgan fingerprint density at radius 2 is 2.62 bits per heavy atom.